The maximum atomic E-state index is 13.1. The zero-order valence-electron chi connectivity index (χ0n) is 23.5. The minimum absolute atomic E-state index is 0.0185. The van der Waals surface area contributed by atoms with Gasteiger partial charge in [0, 0.05) is 0 Å². The number of carbonyl (C=O) groups excluding carboxylic acids is 2. The van der Waals surface area contributed by atoms with Crippen LogP contribution in [0.25, 0.3) is 0 Å². The lowest BCUT2D eigenvalue weighted by Crippen LogP contribution is -2.53. The number of hydrogen-bond acceptors (Lipinski definition) is 8. The van der Waals surface area contributed by atoms with Crippen molar-refractivity contribution < 1.29 is 23.8 Å². The van der Waals surface area contributed by atoms with E-state index < -0.39 is 34.8 Å². The quantitative estimate of drug-likeness (QED) is 0.483. The van der Waals surface area contributed by atoms with Crippen LogP contribution >= 0.6 is 0 Å². The van der Waals surface area contributed by atoms with Gasteiger partial charge >= 0.3 is 12.1 Å². The lowest BCUT2D eigenvalue weighted by molar-refractivity contribution is -0.158. The molecule has 1 aromatic rings. The first-order valence-electron chi connectivity index (χ1n) is 13.1. The summed E-state index contributed by atoms with van der Waals surface area (Å²) >= 11 is 0. The number of ether oxygens (including phenoxy) is 3. The SMILES string of the molecule is CC1Oc2ccc(C(C)(NC(=O)OC(C)(C)C)C3CCCC(C(N)C(=O)OC(C)(C)C)C3)cc2N=C1N. The van der Waals surface area contributed by atoms with Crippen LogP contribution in [0.4, 0.5) is 10.5 Å². The van der Waals surface area contributed by atoms with Crippen molar-refractivity contribution in [1.29, 1.82) is 0 Å². The van der Waals surface area contributed by atoms with E-state index in [1.807, 2.05) is 73.6 Å². The first kappa shape index (κ1) is 28.8. The predicted octanol–water partition coefficient (Wildman–Crippen LogP) is 4.67. The van der Waals surface area contributed by atoms with Gasteiger partial charge in [0.15, 0.2) is 6.10 Å². The highest BCUT2D eigenvalue weighted by Gasteiger charge is 2.44. The van der Waals surface area contributed by atoms with Crippen LogP contribution in [-0.4, -0.2) is 41.2 Å². The van der Waals surface area contributed by atoms with Crippen molar-refractivity contribution in [3.8, 4) is 5.75 Å². The maximum absolute atomic E-state index is 13.1. The van der Waals surface area contributed by atoms with Crippen LogP contribution in [0.5, 0.6) is 5.75 Å². The molecule has 9 heteroatoms. The Kier molecular flexibility index (Phi) is 8.17. The highest BCUT2D eigenvalue weighted by atomic mass is 16.6. The van der Waals surface area contributed by atoms with Gasteiger partial charge in [-0.1, -0.05) is 12.5 Å². The molecule has 1 amide bonds. The third-order valence-electron chi connectivity index (χ3n) is 7.01. The molecule has 5 N–H and O–H groups in total. The van der Waals surface area contributed by atoms with Crippen LogP contribution in [-0.2, 0) is 19.8 Å². The maximum Gasteiger partial charge on any atom is 0.408 e. The number of amides is 1. The molecule has 1 aliphatic carbocycles. The normalized spacial score (nSPS) is 24.5. The van der Waals surface area contributed by atoms with Gasteiger partial charge in [-0.15, -0.1) is 0 Å². The van der Waals surface area contributed by atoms with Gasteiger partial charge in [-0.25, -0.2) is 9.79 Å². The van der Waals surface area contributed by atoms with Gasteiger partial charge < -0.3 is 31.0 Å². The second-order valence-electron chi connectivity index (χ2n) is 12.5. The van der Waals surface area contributed by atoms with Crippen molar-refractivity contribution in [2.75, 3.05) is 0 Å². The summed E-state index contributed by atoms with van der Waals surface area (Å²) in [5.41, 5.74) is 11.8. The smallest absolute Gasteiger partial charge is 0.408 e. The predicted molar refractivity (Wildman–Crippen MR) is 144 cm³/mol. The first-order valence-corrected chi connectivity index (χ1v) is 13.1. The number of benzene rings is 1. The summed E-state index contributed by atoms with van der Waals surface area (Å²) in [5, 5.41) is 3.15. The van der Waals surface area contributed by atoms with Gasteiger partial charge in [0.05, 0.1) is 5.54 Å². The van der Waals surface area contributed by atoms with Gasteiger partial charge in [-0.2, -0.15) is 0 Å². The summed E-state index contributed by atoms with van der Waals surface area (Å²) in [4.78, 5) is 30.3. The topological polar surface area (TPSA) is 138 Å². The van der Waals surface area contributed by atoms with E-state index in [9.17, 15) is 9.59 Å². The monoisotopic (exact) mass is 516 g/mol. The van der Waals surface area contributed by atoms with Crippen molar-refractivity contribution >= 4 is 23.6 Å². The Hall–Kier alpha value is -2.81. The van der Waals surface area contributed by atoms with Gasteiger partial charge in [0.25, 0.3) is 0 Å². The molecule has 1 heterocycles. The minimum Gasteiger partial charge on any atom is -0.481 e. The molecule has 1 saturated carbocycles. The first-order chi connectivity index (χ1) is 17.0. The van der Waals surface area contributed by atoms with E-state index in [2.05, 4.69) is 10.3 Å². The van der Waals surface area contributed by atoms with Crippen molar-refractivity contribution in [3.05, 3.63) is 23.8 Å². The summed E-state index contributed by atoms with van der Waals surface area (Å²) in [7, 11) is 0. The van der Waals surface area contributed by atoms with E-state index in [0.717, 1.165) is 24.8 Å². The van der Waals surface area contributed by atoms with Crippen LogP contribution in [0.1, 0.15) is 86.6 Å². The molecule has 1 aliphatic heterocycles. The Balaban J connectivity index is 1.94. The Bertz CT molecular complexity index is 1040. The molecule has 0 bridgehead atoms. The van der Waals surface area contributed by atoms with Gasteiger partial charge in [0.2, 0.25) is 0 Å². The number of hydrogen-bond donors (Lipinski definition) is 3. The molecule has 3 rings (SSSR count). The van der Waals surface area contributed by atoms with Crippen molar-refractivity contribution in [1.82, 2.24) is 5.32 Å². The zero-order chi connectivity index (χ0) is 27.8. The molecule has 206 valence electrons. The summed E-state index contributed by atoms with van der Waals surface area (Å²) < 4.78 is 17.1. The van der Waals surface area contributed by atoms with E-state index >= 15 is 0 Å². The Morgan fingerprint density at radius 3 is 2.35 bits per heavy atom. The second kappa shape index (κ2) is 10.5. The lowest BCUT2D eigenvalue weighted by Gasteiger charge is -2.44. The van der Waals surface area contributed by atoms with Gasteiger partial charge in [0.1, 0.15) is 34.5 Å². The Morgan fingerprint density at radius 1 is 1.08 bits per heavy atom. The van der Waals surface area contributed by atoms with Crippen LogP contribution in [0.3, 0.4) is 0 Å². The molecule has 0 radical (unpaired) electrons. The van der Waals surface area contributed by atoms with E-state index in [1.165, 1.54) is 0 Å². The molecule has 0 saturated heterocycles. The largest absolute Gasteiger partial charge is 0.481 e. The molecule has 5 unspecified atom stereocenters. The average Bonchev–Trinajstić information content (AvgIpc) is 2.76. The number of fused-ring (bicyclic) bond motifs is 1. The van der Waals surface area contributed by atoms with Crippen LogP contribution < -0.4 is 21.5 Å². The van der Waals surface area contributed by atoms with E-state index in [4.69, 9.17) is 25.7 Å². The molecule has 2 aliphatic rings. The van der Waals surface area contributed by atoms with E-state index in [0.29, 0.717) is 23.7 Å². The van der Waals surface area contributed by atoms with Gasteiger partial charge in [-0.05, 0) is 104 Å². The number of aliphatic imine (C=N–C) groups is 1. The minimum atomic E-state index is -0.822. The molecular weight excluding hydrogens is 472 g/mol. The number of nitrogens with two attached hydrogens (primary N) is 2. The van der Waals surface area contributed by atoms with Crippen molar-refractivity contribution in [2.24, 2.45) is 28.3 Å². The fourth-order valence-electron chi connectivity index (χ4n) is 5.07. The number of nitrogens with zero attached hydrogens (tertiary/aromatic N) is 1. The van der Waals surface area contributed by atoms with E-state index in [1.54, 1.807) is 0 Å². The lowest BCUT2D eigenvalue weighted by atomic mass is 9.67. The molecule has 0 spiro atoms. The fraction of sp³-hybridized carbons (Fsp3) is 0.679. The molecule has 5 atom stereocenters. The number of esters is 1. The molecule has 1 fully saturated rings. The fourth-order valence-corrected chi connectivity index (χ4v) is 5.07. The summed E-state index contributed by atoms with van der Waals surface area (Å²) in [6.07, 6.45) is 2.35. The van der Waals surface area contributed by atoms with E-state index in [-0.39, 0.29) is 17.9 Å². The van der Waals surface area contributed by atoms with Crippen LogP contribution in [0.15, 0.2) is 23.2 Å². The van der Waals surface area contributed by atoms with Crippen molar-refractivity contribution in [3.63, 3.8) is 0 Å². The molecule has 9 nitrogen and oxygen atoms in total. The number of carbonyl (C=O) groups is 2. The third-order valence-corrected chi connectivity index (χ3v) is 7.01. The molecule has 0 aromatic heterocycles. The highest BCUT2D eigenvalue weighted by Crippen LogP contribution is 2.45. The Labute approximate surface area is 220 Å². The average molecular weight is 517 g/mol. The zero-order valence-corrected chi connectivity index (χ0v) is 23.5. The van der Waals surface area contributed by atoms with Gasteiger partial charge in [-0.3, -0.25) is 4.79 Å². The highest BCUT2D eigenvalue weighted by molar-refractivity contribution is 5.89. The standard InChI is InChI=1S/C28H44N4O5/c1-16-23(30)31-20-15-19(12-13-21(20)35-16)28(8,32-25(34)37-27(5,6)7)18-11-9-10-17(14-18)22(29)24(33)36-26(2,3)4/h12-13,15-18,22H,9-11,14,29H2,1-8H3,(H2,30,31)(H,32,34). The third kappa shape index (κ3) is 7.15. The van der Waals surface area contributed by atoms with Crippen LogP contribution in [0, 0.1) is 11.8 Å². The second-order valence-corrected chi connectivity index (χ2v) is 12.5. The Morgan fingerprint density at radius 2 is 1.73 bits per heavy atom. The van der Waals surface area contributed by atoms with Crippen LogP contribution in [0.2, 0.25) is 0 Å². The number of nitrogens with one attached hydrogen (secondary N) is 1. The summed E-state index contributed by atoms with van der Waals surface area (Å²) in [6, 6.07) is 4.97. The number of amidine groups is 1. The number of alkyl carbamates (subject to hydrolysis) is 1. The number of rotatable bonds is 5. The molecule has 37 heavy (non-hydrogen) atoms. The van der Waals surface area contributed by atoms with Crippen molar-refractivity contribution in [2.45, 2.75) is 110 Å². The summed E-state index contributed by atoms with van der Waals surface area (Å²) in [6.45, 7) is 14.8. The summed E-state index contributed by atoms with van der Waals surface area (Å²) in [5.74, 6) is 0.537. The molecular formula is C28H44N4O5. The molecule has 1 aromatic carbocycles.